The van der Waals surface area contributed by atoms with E-state index in [1.165, 1.54) is 47.5 Å². The Hall–Kier alpha value is -3.03. The lowest BCUT2D eigenvalue weighted by atomic mass is 10.1. The van der Waals surface area contributed by atoms with Crippen molar-refractivity contribution in [2.75, 3.05) is 7.11 Å². The van der Waals surface area contributed by atoms with Gasteiger partial charge in [0.15, 0.2) is 5.78 Å². The average Bonchev–Trinajstić information content (AvgIpc) is 3.15. The number of carbonyl (C=O) groups is 1. The highest BCUT2D eigenvalue weighted by Crippen LogP contribution is 2.30. The van der Waals surface area contributed by atoms with Crippen LogP contribution in [0.3, 0.4) is 0 Å². The van der Waals surface area contributed by atoms with Gasteiger partial charge in [0.2, 0.25) is 0 Å². The van der Waals surface area contributed by atoms with Crippen LogP contribution >= 0.6 is 22.9 Å². The Morgan fingerprint density at radius 3 is 2.69 bits per heavy atom. The van der Waals surface area contributed by atoms with Gasteiger partial charge in [-0.3, -0.25) is 14.2 Å². The maximum absolute atomic E-state index is 13.2. The van der Waals surface area contributed by atoms with Crippen molar-refractivity contribution in [1.82, 2.24) is 9.55 Å². The Kier molecular flexibility index (Phi) is 5.17. The zero-order valence-corrected chi connectivity index (χ0v) is 16.8. The molecule has 0 fully saturated rings. The van der Waals surface area contributed by atoms with Gasteiger partial charge in [-0.15, -0.1) is 11.3 Å². The number of Topliss-reactive ketones (excluding diaryl/α,β-unsaturated/α-hetero) is 1. The lowest BCUT2D eigenvalue weighted by molar-refractivity contribution is 0.0970. The third kappa shape index (κ3) is 3.66. The summed E-state index contributed by atoms with van der Waals surface area (Å²) in [5.74, 6) is -0.172. The third-order valence-electron chi connectivity index (χ3n) is 4.50. The van der Waals surface area contributed by atoms with E-state index in [0.29, 0.717) is 37.7 Å². The number of nitrogens with zero attached hydrogens (tertiary/aromatic N) is 2. The summed E-state index contributed by atoms with van der Waals surface area (Å²) in [5.41, 5.74) is 1.41. The first kappa shape index (κ1) is 19.3. The minimum Gasteiger partial charge on any atom is -0.495 e. The summed E-state index contributed by atoms with van der Waals surface area (Å²) < 4.78 is 19.6. The summed E-state index contributed by atoms with van der Waals surface area (Å²) in [6.45, 7) is -0.177. The number of carbonyl (C=O) groups excluding carboxylic acids is 1. The van der Waals surface area contributed by atoms with Crippen molar-refractivity contribution in [2.24, 2.45) is 0 Å². The summed E-state index contributed by atoms with van der Waals surface area (Å²) in [6, 6.07) is 10.6. The molecule has 0 saturated heterocycles. The van der Waals surface area contributed by atoms with Crippen LogP contribution in [0.25, 0.3) is 21.3 Å². The molecule has 4 aromatic rings. The van der Waals surface area contributed by atoms with Crippen LogP contribution in [0.4, 0.5) is 4.39 Å². The molecule has 2 aromatic carbocycles. The predicted octanol–water partition coefficient (Wildman–Crippen LogP) is 4.81. The first-order valence-corrected chi connectivity index (χ1v) is 9.83. The predicted molar refractivity (Wildman–Crippen MR) is 112 cm³/mol. The topological polar surface area (TPSA) is 61.2 Å². The van der Waals surface area contributed by atoms with Crippen molar-refractivity contribution >= 4 is 38.9 Å². The molecule has 146 valence electrons. The molecule has 0 N–H and O–H groups in total. The molecule has 5 nitrogen and oxygen atoms in total. The van der Waals surface area contributed by atoms with Crippen molar-refractivity contribution < 1.29 is 13.9 Å². The van der Waals surface area contributed by atoms with Crippen molar-refractivity contribution in [1.29, 1.82) is 0 Å². The number of rotatable bonds is 5. The molecular weight excluding hydrogens is 415 g/mol. The van der Waals surface area contributed by atoms with E-state index in [9.17, 15) is 14.0 Å². The van der Waals surface area contributed by atoms with Gasteiger partial charge in [0.25, 0.3) is 5.56 Å². The number of hydrogen-bond acceptors (Lipinski definition) is 5. The van der Waals surface area contributed by atoms with Gasteiger partial charge in [-0.05, 0) is 35.9 Å². The summed E-state index contributed by atoms with van der Waals surface area (Å²) in [7, 11) is 1.49. The van der Waals surface area contributed by atoms with Crippen molar-refractivity contribution in [2.45, 2.75) is 6.54 Å². The molecule has 0 aliphatic heterocycles. The van der Waals surface area contributed by atoms with Crippen LogP contribution in [0.15, 0.2) is 59.0 Å². The lowest BCUT2D eigenvalue weighted by Gasteiger charge is -2.08. The highest BCUT2D eigenvalue weighted by atomic mass is 35.5. The zero-order chi connectivity index (χ0) is 20.5. The highest BCUT2D eigenvalue weighted by Gasteiger charge is 2.16. The molecule has 4 rings (SSSR count). The second kappa shape index (κ2) is 7.77. The average molecular weight is 429 g/mol. The maximum atomic E-state index is 13.2. The molecule has 0 unspecified atom stereocenters. The van der Waals surface area contributed by atoms with E-state index < -0.39 is 0 Å². The van der Waals surface area contributed by atoms with Crippen LogP contribution in [0.2, 0.25) is 5.02 Å². The molecule has 0 amide bonds. The van der Waals surface area contributed by atoms with Crippen LogP contribution in [0, 0.1) is 5.82 Å². The zero-order valence-electron chi connectivity index (χ0n) is 15.2. The molecule has 0 aliphatic rings. The number of fused-ring (bicyclic) bond motifs is 1. The van der Waals surface area contributed by atoms with Gasteiger partial charge < -0.3 is 4.74 Å². The summed E-state index contributed by atoms with van der Waals surface area (Å²) >= 11 is 7.41. The van der Waals surface area contributed by atoms with Crippen molar-refractivity contribution in [3.63, 3.8) is 0 Å². The molecule has 0 radical (unpaired) electrons. The Balaban J connectivity index is 1.71. The number of aromatic nitrogens is 2. The molecule has 0 atom stereocenters. The number of thiophene rings is 1. The van der Waals surface area contributed by atoms with Gasteiger partial charge in [0, 0.05) is 16.5 Å². The molecule has 2 heterocycles. The summed E-state index contributed by atoms with van der Waals surface area (Å²) in [4.78, 5) is 30.6. The maximum Gasteiger partial charge on any atom is 0.263 e. The second-order valence-corrected chi connectivity index (χ2v) is 7.55. The van der Waals surface area contributed by atoms with E-state index in [1.54, 1.807) is 24.3 Å². The number of benzene rings is 2. The largest absolute Gasteiger partial charge is 0.495 e. The van der Waals surface area contributed by atoms with Gasteiger partial charge in [-0.2, -0.15) is 0 Å². The van der Waals surface area contributed by atoms with Gasteiger partial charge in [0.1, 0.15) is 16.4 Å². The van der Waals surface area contributed by atoms with Crippen molar-refractivity contribution in [3.8, 4) is 16.9 Å². The SMILES string of the molecule is COc1ccc(C(=O)Cn2cnc3scc(-c4ccc(F)cc4)c3c2=O)cc1Cl. The lowest BCUT2D eigenvalue weighted by Crippen LogP contribution is -2.24. The first-order valence-electron chi connectivity index (χ1n) is 8.57. The molecule has 0 aliphatic carbocycles. The van der Waals surface area contributed by atoms with Gasteiger partial charge in [-0.1, -0.05) is 23.7 Å². The van der Waals surface area contributed by atoms with Crippen LogP contribution in [-0.4, -0.2) is 22.4 Å². The number of hydrogen-bond donors (Lipinski definition) is 0. The van der Waals surface area contributed by atoms with Crippen molar-refractivity contribution in [3.05, 3.63) is 80.9 Å². The second-order valence-electron chi connectivity index (χ2n) is 6.29. The highest BCUT2D eigenvalue weighted by molar-refractivity contribution is 7.17. The minimum absolute atomic E-state index is 0.177. The van der Waals surface area contributed by atoms with Crippen LogP contribution in [-0.2, 0) is 6.54 Å². The third-order valence-corrected chi connectivity index (χ3v) is 5.69. The molecule has 0 bridgehead atoms. The minimum atomic E-state index is -0.354. The number of ketones is 1. The van der Waals surface area contributed by atoms with E-state index in [0.717, 1.165) is 0 Å². The van der Waals surface area contributed by atoms with Gasteiger partial charge >= 0.3 is 0 Å². The fourth-order valence-electron chi connectivity index (χ4n) is 3.01. The van der Waals surface area contributed by atoms with Gasteiger partial charge in [0.05, 0.1) is 30.4 Å². The molecule has 2 aromatic heterocycles. The number of halogens is 2. The smallest absolute Gasteiger partial charge is 0.263 e. The molecular formula is C21H14ClFN2O3S. The first-order chi connectivity index (χ1) is 14.0. The monoisotopic (exact) mass is 428 g/mol. The van der Waals surface area contributed by atoms with Crippen LogP contribution in [0.5, 0.6) is 5.75 Å². The fraction of sp³-hybridized carbons (Fsp3) is 0.0952. The Bertz CT molecular complexity index is 1280. The van der Waals surface area contributed by atoms with Crippen LogP contribution in [0.1, 0.15) is 10.4 Å². The fourth-order valence-corrected chi connectivity index (χ4v) is 4.17. The Morgan fingerprint density at radius 2 is 2.00 bits per heavy atom. The van der Waals surface area contributed by atoms with Gasteiger partial charge in [-0.25, -0.2) is 9.37 Å². The van der Waals surface area contributed by atoms with E-state index in [2.05, 4.69) is 4.98 Å². The molecule has 0 saturated carbocycles. The summed E-state index contributed by atoms with van der Waals surface area (Å²) in [5, 5.41) is 2.53. The number of methoxy groups -OCH3 is 1. The van der Waals surface area contributed by atoms with E-state index in [1.807, 2.05) is 5.38 Å². The Morgan fingerprint density at radius 1 is 1.24 bits per heavy atom. The standard InChI is InChI=1S/C21H14ClFN2O3S/c1-28-18-7-4-13(8-16(18)22)17(26)9-25-11-24-20-19(21(25)27)15(10-29-20)12-2-5-14(23)6-3-12/h2-8,10-11H,9H2,1H3. The molecule has 29 heavy (non-hydrogen) atoms. The quantitative estimate of drug-likeness (QED) is 0.428. The van der Waals surface area contributed by atoms with E-state index in [4.69, 9.17) is 16.3 Å². The molecule has 8 heteroatoms. The van der Waals surface area contributed by atoms with E-state index in [-0.39, 0.29) is 23.7 Å². The van der Waals surface area contributed by atoms with E-state index >= 15 is 0 Å². The Labute approximate surface area is 174 Å². The normalized spacial score (nSPS) is 11.0. The van der Waals surface area contributed by atoms with Crippen LogP contribution < -0.4 is 10.3 Å². The molecule has 0 spiro atoms. The summed E-state index contributed by atoms with van der Waals surface area (Å²) in [6.07, 6.45) is 1.36. The number of ether oxygens (including phenoxy) is 1.